The summed E-state index contributed by atoms with van der Waals surface area (Å²) in [6.45, 7) is 1.17. The highest BCUT2D eigenvalue weighted by Crippen LogP contribution is 2.33. The molecular weight excluding hydrogens is 312 g/mol. The lowest BCUT2D eigenvalue weighted by molar-refractivity contribution is -0.0175. The predicted molar refractivity (Wildman–Crippen MR) is 90.0 cm³/mol. The molecule has 0 saturated carbocycles. The summed E-state index contributed by atoms with van der Waals surface area (Å²) in [4.78, 5) is 0. The van der Waals surface area contributed by atoms with Crippen molar-refractivity contribution in [2.75, 3.05) is 6.79 Å². The van der Waals surface area contributed by atoms with Gasteiger partial charge in [-0.3, -0.25) is 0 Å². The van der Waals surface area contributed by atoms with Crippen LogP contribution in [0.2, 0.25) is 5.02 Å². The molecule has 1 heterocycles. The van der Waals surface area contributed by atoms with Gasteiger partial charge in [-0.2, -0.15) is 0 Å². The lowest BCUT2D eigenvalue weighted by Crippen LogP contribution is -2.14. The number of hydrogen-bond donors (Lipinski definition) is 0. The topological polar surface area (TPSA) is 27.7 Å². The molecule has 0 amide bonds. The van der Waals surface area contributed by atoms with Gasteiger partial charge in [-0.15, -0.1) is 0 Å². The number of hydrogen-bond acceptors (Lipinski definition) is 3. The molecule has 1 aliphatic heterocycles. The first kappa shape index (κ1) is 14.4. The van der Waals surface area contributed by atoms with E-state index in [2.05, 4.69) is 18.2 Å². The maximum absolute atomic E-state index is 6.19. The zero-order chi connectivity index (χ0) is 15.6. The van der Waals surface area contributed by atoms with Gasteiger partial charge in [0.1, 0.15) is 18.1 Å². The zero-order valence-electron chi connectivity index (χ0n) is 12.4. The van der Waals surface area contributed by atoms with Gasteiger partial charge in [0, 0.05) is 21.5 Å². The Morgan fingerprint density at radius 1 is 1.04 bits per heavy atom. The van der Waals surface area contributed by atoms with Crippen molar-refractivity contribution in [3.05, 3.63) is 70.7 Å². The largest absolute Gasteiger partial charge is 0.488 e. The van der Waals surface area contributed by atoms with Crippen LogP contribution in [-0.2, 0) is 18.0 Å². The van der Waals surface area contributed by atoms with Crippen molar-refractivity contribution >= 4 is 22.4 Å². The molecule has 0 spiro atoms. The lowest BCUT2D eigenvalue weighted by atomic mass is 10.1. The second kappa shape index (κ2) is 6.11. The quantitative estimate of drug-likeness (QED) is 0.682. The summed E-state index contributed by atoms with van der Waals surface area (Å²) in [6.07, 6.45) is 0. The van der Waals surface area contributed by atoms with E-state index in [-0.39, 0.29) is 6.79 Å². The SMILES string of the molecule is Clc1cc2c(c(COc3cccc4ccccc34)c1)OCOC2. The summed E-state index contributed by atoms with van der Waals surface area (Å²) in [6, 6.07) is 18.0. The summed E-state index contributed by atoms with van der Waals surface area (Å²) in [5, 5.41) is 2.91. The van der Waals surface area contributed by atoms with Gasteiger partial charge in [-0.05, 0) is 23.6 Å². The van der Waals surface area contributed by atoms with Crippen LogP contribution in [0.3, 0.4) is 0 Å². The van der Waals surface area contributed by atoms with E-state index in [1.807, 2.05) is 36.4 Å². The number of fused-ring (bicyclic) bond motifs is 2. The molecule has 116 valence electrons. The number of ether oxygens (including phenoxy) is 3. The molecule has 3 aromatic rings. The Bertz CT molecular complexity index is 855. The first-order valence-corrected chi connectivity index (χ1v) is 7.81. The van der Waals surface area contributed by atoms with E-state index in [1.165, 1.54) is 0 Å². The molecule has 1 aliphatic rings. The van der Waals surface area contributed by atoms with Crippen LogP contribution in [0.15, 0.2) is 54.6 Å². The molecule has 0 saturated heterocycles. The molecule has 0 N–H and O–H groups in total. The van der Waals surface area contributed by atoms with Crippen LogP contribution >= 0.6 is 11.6 Å². The van der Waals surface area contributed by atoms with Gasteiger partial charge in [-0.25, -0.2) is 0 Å². The van der Waals surface area contributed by atoms with E-state index in [9.17, 15) is 0 Å². The second-order valence-corrected chi connectivity index (χ2v) is 5.87. The van der Waals surface area contributed by atoms with Gasteiger partial charge in [-0.1, -0.05) is 48.0 Å². The van der Waals surface area contributed by atoms with E-state index in [4.69, 9.17) is 25.8 Å². The van der Waals surface area contributed by atoms with Crippen LogP contribution in [0.4, 0.5) is 0 Å². The van der Waals surface area contributed by atoms with Gasteiger partial charge >= 0.3 is 0 Å². The Labute approximate surface area is 139 Å². The maximum Gasteiger partial charge on any atom is 0.189 e. The van der Waals surface area contributed by atoms with Gasteiger partial charge < -0.3 is 14.2 Å². The smallest absolute Gasteiger partial charge is 0.189 e. The molecule has 4 rings (SSSR count). The van der Waals surface area contributed by atoms with Gasteiger partial charge in [0.25, 0.3) is 0 Å². The fourth-order valence-corrected chi connectivity index (χ4v) is 3.10. The zero-order valence-corrected chi connectivity index (χ0v) is 13.2. The highest BCUT2D eigenvalue weighted by molar-refractivity contribution is 6.30. The maximum atomic E-state index is 6.19. The molecule has 0 aliphatic carbocycles. The molecule has 0 aromatic heterocycles. The number of halogens is 1. The van der Waals surface area contributed by atoms with Crippen LogP contribution < -0.4 is 9.47 Å². The monoisotopic (exact) mass is 326 g/mol. The van der Waals surface area contributed by atoms with Crippen LogP contribution in [0.1, 0.15) is 11.1 Å². The molecule has 0 fully saturated rings. The third-order valence-electron chi connectivity index (χ3n) is 3.88. The Hall–Kier alpha value is -2.23. The molecule has 0 unspecified atom stereocenters. The normalized spacial score (nSPS) is 13.4. The Morgan fingerprint density at radius 2 is 1.91 bits per heavy atom. The van der Waals surface area contributed by atoms with E-state index < -0.39 is 0 Å². The van der Waals surface area contributed by atoms with Crippen molar-refractivity contribution in [3.63, 3.8) is 0 Å². The van der Waals surface area contributed by atoms with Crippen molar-refractivity contribution in [3.8, 4) is 11.5 Å². The van der Waals surface area contributed by atoms with Crippen molar-refractivity contribution in [1.29, 1.82) is 0 Å². The number of rotatable bonds is 3. The Balaban J connectivity index is 1.65. The Kier molecular flexibility index (Phi) is 3.82. The molecule has 0 atom stereocenters. The minimum atomic E-state index is 0.260. The Morgan fingerprint density at radius 3 is 2.87 bits per heavy atom. The van der Waals surface area contributed by atoms with E-state index in [1.54, 1.807) is 0 Å². The summed E-state index contributed by atoms with van der Waals surface area (Å²) >= 11 is 6.19. The average molecular weight is 327 g/mol. The van der Waals surface area contributed by atoms with Crippen LogP contribution in [0, 0.1) is 0 Å². The van der Waals surface area contributed by atoms with Gasteiger partial charge in [0.15, 0.2) is 6.79 Å². The van der Waals surface area contributed by atoms with E-state index in [0.717, 1.165) is 33.4 Å². The molecule has 0 bridgehead atoms. The van der Waals surface area contributed by atoms with Crippen LogP contribution in [0.25, 0.3) is 10.8 Å². The summed E-state index contributed by atoms with van der Waals surface area (Å²) in [5.74, 6) is 1.67. The van der Waals surface area contributed by atoms with Crippen LogP contribution in [-0.4, -0.2) is 6.79 Å². The average Bonchev–Trinajstić information content (AvgIpc) is 2.59. The standard InChI is InChI=1S/C19H15ClO3/c20-16-8-14-10-21-12-23-19(14)15(9-16)11-22-18-7-3-5-13-4-1-2-6-17(13)18/h1-9H,10-12H2. The molecular formula is C19H15ClO3. The van der Waals surface area contributed by atoms with Crippen molar-refractivity contribution in [2.45, 2.75) is 13.2 Å². The molecule has 3 aromatic carbocycles. The lowest BCUT2D eigenvalue weighted by Gasteiger charge is -2.21. The van der Waals surface area contributed by atoms with E-state index in [0.29, 0.717) is 18.2 Å². The highest BCUT2D eigenvalue weighted by Gasteiger charge is 2.17. The van der Waals surface area contributed by atoms with Gasteiger partial charge in [0.05, 0.1) is 6.61 Å². The van der Waals surface area contributed by atoms with Crippen molar-refractivity contribution in [2.24, 2.45) is 0 Å². The van der Waals surface area contributed by atoms with Gasteiger partial charge in [0.2, 0.25) is 0 Å². The third-order valence-corrected chi connectivity index (χ3v) is 4.10. The minimum absolute atomic E-state index is 0.260. The second-order valence-electron chi connectivity index (χ2n) is 5.43. The van der Waals surface area contributed by atoms with Crippen molar-refractivity contribution < 1.29 is 14.2 Å². The highest BCUT2D eigenvalue weighted by atomic mass is 35.5. The summed E-state index contributed by atoms with van der Waals surface area (Å²) in [5.41, 5.74) is 1.89. The molecule has 3 nitrogen and oxygen atoms in total. The molecule has 4 heteroatoms. The minimum Gasteiger partial charge on any atom is -0.488 e. The van der Waals surface area contributed by atoms with Crippen molar-refractivity contribution in [1.82, 2.24) is 0 Å². The summed E-state index contributed by atoms with van der Waals surface area (Å²) < 4.78 is 17.0. The summed E-state index contributed by atoms with van der Waals surface area (Å²) in [7, 11) is 0. The molecule has 0 radical (unpaired) electrons. The first-order valence-electron chi connectivity index (χ1n) is 7.44. The third kappa shape index (κ3) is 2.85. The predicted octanol–water partition coefficient (Wildman–Crippen LogP) is 4.94. The first-order chi connectivity index (χ1) is 11.3. The van der Waals surface area contributed by atoms with E-state index >= 15 is 0 Å². The number of benzene rings is 3. The fourth-order valence-electron chi connectivity index (χ4n) is 2.84. The van der Waals surface area contributed by atoms with Crippen LogP contribution in [0.5, 0.6) is 11.5 Å². The fraction of sp³-hybridized carbons (Fsp3) is 0.158. The molecule has 23 heavy (non-hydrogen) atoms.